The van der Waals surface area contributed by atoms with Crippen molar-refractivity contribution < 1.29 is 4.84 Å². The molecule has 2 rings (SSSR count). The van der Waals surface area contributed by atoms with Crippen LogP contribution in [0.25, 0.3) is 0 Å². The van der Waals surface area contributed by atoms with Crippen molar-refractivity contribution in [2.75, 3.05) is 5.88 Å². The fourth-order valence-electron chi connectivity index (χ4n) is 1.70. The van der Waals surface area contributed by atoms with Crippen LogP contribution < -0.4 is 0 Å². The lowest BCUT2D eigenvalue weighted by atomic mass is 10.1. The number of hydroxylamine groups is 2. The van der Waals surface area contributed by atoms with Crippen LogP contribution in [0.3, 0.4) is 0 Å². The first-order valence-electron chi connectivity index (χ1n) is 5.95. The van der Waals surface area contributed by atoms with Gasteiger partial charge in [-0.1, -0.05) is 62.7 Å². The number of halogens is 1. The van der Waals surface area contributed by atoms with E-state index in [-0.39, 0.29) is 10.8 Å². The zero-order valence-electron chi connectivity index (χ0n) is 10.9. The van der Waals surface area contributed by atoms with Crippen molar-refractivity contribution in [3.05, 3.63) is 47.2 Å². The second kappa shape index (κ2) is 5.55. The second-order valence-corrected chi connectivity index (χ2v) is 7.43. The number of thioether (sulfide) groups is 1. The molecule has 0 saturated heterocycles. The standard InChI is InChI=1S/C14H18ClNOS/c1-14(2,3)18-10-16-13(12(15)9-17-16)11-7-5-4-6-8-11/h4-9,13H,10H2,1-3H3. The lowest BCUT2D eigenvalue weighted by molar-refractivity contribution is -0.0871. The van der Waals surface area contributed by atoms with Crippen LogP contribution in [0.2, 0.25) is 0 Å². The minimum absolute atomic E-state index is 0.0164. The molecule has 0 fully saturated rings. The molecule has 0 amide bonds. The van der Waals surface area contributed by atoms with Gasteiger partial charge in [-0.25, -0.2) is 0 Å². The van der Waals surface area contributed by atoms with Crippen LogP contribution in [0, 0.1) is 0 Å². The molecule has 1 aliphatic heterocycles. The maximum atomic E-state index is 6.24. The van der Waals surface area contributed by atoms with E-state index in [0.717, 1.165) is 16.5 Å². The average Bonchev–Trinajstić information content (AvgIpc) is 2.68. The predicted octanol–water partition coefficient (Wildman–Crippen LogP) is 4.54. The van der Waals surface area contributed by atoms with E-state index < -0.39 is 0 Å². The average molecular weight is 284 g/mol. The van der Waals surface area contributed by atoms with Gasteiger partial charge in [0.15, 0.2) is 0 Å². The Morgan fingerprint density at radius 1 is 1.28 bits per heavy atom. The van der Waals surface area contributed by atoms with Gasteiger partial charge < -0.3 is 4.84 Å². The molecule has 0 spiro atoms. The van der Waals surface area contributed by atoms with Gasteiger partial charge in [-0.15, -0.1) is 16.8 Å². The van der Waals surface area contributed by atoms with E-state index in [4.69, 9.17) is 16.4 Å². The molecule has 1 aliphatic rings. The molecule has 0 radical (unpaired) electrons. The number of hydrogen-bond donors (Lipinski definition) is 0. The van der Waals surface area contributed by atoms with Crippen molar-refractivity contribution in [3.63, 3.8) is 0 Å². The number of rotatable bonds is 3. The third-order valence-corrected chi connectivity index (χ3v) is 4.14. The summed E-state index contributed by atoms with van der Waals surface area (Å²) in [6, 6.07) is 10.2. The van der Waals surface area contributed by atoms with Gasteiger partial charge in [0.05, 0.1) is 10.9 Å². The molecule has 1 atom stereocenters. The highest BCUT2D eigenvalue weighted by Crippen LogP contribution is 2.38. The Kier molecular flexibility index (Phi) is 4.25. The molecule has 18 heavy (non-hydrogen) atoms. The molecule has 98 valence electrons. The molecular weight excluding hydrogens is 266 g/mol. The van der Waals surface area contributed by atoms with Crippen LogP contribution in [0.4, 0.5) is 0 Å². The molecule has 1 unspecified atom stereocenters. The first-order valence-corrected chi connectivity index (χ1v) is 7.31. The Morgan fingerprint density at radius 2 is 1.94 bits per heavy atom. The largest absolute Gasteiger partial charge is 0.411 e. The maximum absolute atomic E-state index is 6.24. The van der Waals surface area contributed by atoms with Crippen molar-refractivity contribution in [2.45, 2.75) is 31.6 Å². The van der Waals surface area contributed by atoms with E-state index in [1.807, 2.05) is 35.0 Å². The van der Waals surface area contributed by atoms with Crippen LogP contribution in [-0.4, -0.2) is 15.7 Å². The highest BCUT2D eigenvalue weighted by atomic mass is 35.5. The first-order chi connectivity index (χ1) is 8.47. The zero-order chi connectivity index (χ0) is 13.2. The third kappa shape index (κ3) is 3.44. The van der Waals surface area contributed by atoms with Gasteiger partial charge in [0, 0.05) is 4.75 Å². The Hall–Kier alpha value is -0.640. The van der Waals surface area contributed by atoms with Crippen molar-refractivity contribution in [2.24, 2.45) is 0 Å². The summed E-state index contributed by atoms with van der Waals surface area (Å²) in [7, 11) is 0. The van der Waals surface area contributed by atoms with E-state index in [2.05, 4.69) is 32.9 Å². The number of hydrogen-bond acceptors (Lipinski definition) is 3. The van der Waals surface area contributed by atoms with Crippen molar-refractivity contribution in [3.8, 4) is 0 Å². The quantitative estimate of drug-likeness (QED) is 0.808. The molecule has 0 bridgehead atoms. The summed E-state index contributed by atoms with van der Waals surface area (Å²) < 4.78 is 0.208. The Morgan fingerprint density at radius 3 is 2.56 bits per heavy atom. The van der Waals surface area contributed by atoms with Crippen LogP contribution in [0.5, 0.6) is 0 Å². The Bertz CT molecular complexity index is 427. The van der Waals surface area contributed by atoms with Gasteiger partial charge in [-0.05, 0) is 5.56 Å². The van der Waals surface area contributed by atoms with Crippen LogP contribution in [0.1, 0.15) is 32.4 Å². The summed E-state index contributed by atoms with van der Waals surface area (Å²) >= 11 is 8.08. The number of nitrogens with zero attached hydrogens (tertiary/aromatic N) is 1. The van der Waals surface area contributed by atoms with E-state index >= 15 is 0 Å². The van der Waals surface area contributed by atoms with Crippen molar-refractivity contribution in [1.29, 1.82) is 0 Å². The van der Waals surface area contributed by atoms with E-state index in [0.29, 0.717) is 0 Å². The minimum atomic E-state index is 0.0164. The van der Waals surface area contributed by atoms with Gasteiger partial charge in [-0.3, -0.25) is 0 Å². The van der Waals surface area contributed by atoms with Crippen LogP contribution in [-0.2, 0) is 4.84 Å². The molecule has 0 aliphatic carbocycles. The molecule has 0 N–H and O–H groups in total. The van der Waals surface area contributed by atoms with Crippen LogP contribution in [0.15, 0.2) is 41.6 Å². The maximum Gasteiger partial charge on any atom is 0.128 e. The lowest BCUT2D eigenvalue weighted by Gasteiger charge is -2.26. The first kappa shape index (κ1) is 13.8. The topological polar surface area (TPSA) is 12.5 Å². The van der Waals surface area contributed by atoms with E-state index in [1.54, 1.807) is 6.26 Å². The lowest BCUT2D eigenvalue weighted by Crippen LogP contribution is -2.25. The van der Waals surface area contributed by atoms with Gasteiger partial charge in [-0.2, -0.15) is 0 Å². The molecule has 0 aromatic heterocycles. The monoisotopic (exact) mass is 283 g/mol. The summed E-state index contributed by atoms with van der Waals surface area (Å²) in [6.07, 6.45) is 1.63. The fourth-order valence-corrected chi connectivity index (χ4v) is 2.70. The second-order valence-electron chi connectivity index (χ2n) is 5.22. The SMILES string of the molecule is CC(C)(C)SCN1OC=C(Cl)C1c1ccccc1. The number of benzene rings is 1. The van der Waals surface area contributed by atoms with Gasteiger partial charge in [0.2, 0.25) is 0 Å². The molecule has 0 saturated carbocycles. The highest BCUT2D eigenvalue weighted by Gasteiger charge is 2.31. The smallest absolute Gasteiger partial charge is 0.128 e. The molecule has 2 nitrogen and oxygen atoms in total. The van der Waals surface area contributed by atoms with E-state index in [9.17, 15) is 0 Å². The highest BCUT2D eigenvalue weighted by molar-refractivity contribution is 8.00. The summed E-state index contributed by atoms with van der Waals surface area (Å²) in [6.45, 7) is 6.58. The van der Waals surface area contributed by atoms with Gasteiger partial charge in [0.25, 0.3) is 0 Å². The molecule has 1 aromatic carbocycles. The minimum Gasteiger partial charge on any atom is -0.411 e. The molecule has 1 aromatic rings. The third-order valence-electron chi connectivity index (χ3n) is 2.59. The van der Waals surface area contributed by atoms with E-state index in [1.165, 1.54) is 0 Å². The van der Waals surface area contributed by atoms with Gasteiger partial charge >= 0.3 is 0 Å². The summed E-state index contributed by atoms with van der Waals surface area (Å²) in [4.78, 5) is 5.55. The molecule has 1 heterocycles. The molecular formula is C14H18ClNOS. The Balaban J connectivity index is 2.09. The van der Waals surface area contributed by atoms with Crippen LogP contribution >= 0.6 is 23.4 Å². The van der Waals surface area contributed by atoms with Crippen molar-refractivity contribution >= 4 is 23.4 Å². The summed E-state index contributed by atoms with van der Waals surface area (Å²) in [5, 5.41) is 2.66. The summed E-state index contributed by atoms with van der Waals surface area (Å²) in [5.41, 5.74) is 1.16. The van der Waals surface area contributed by atoms with Gasteiger partial charge in [0.1, 0.15) is 12.3 Å². The van der Waals surface area contributed by atoms with Crippen molar-refractivity contribution in [1.82, 2.24) is 5.06 Å². The summed E-state index contributed by atoms with van der Waals surface area (Å²) in [5.74, 6) is 0.787. The zero-order valence-corrected chi connectivity index (χ0v) is 12.5. The normalized spacial score (nSPS) is 20.7. The fraction of sp³-hybridized carbons (Fsp3) is 0.429. The Labute approximate surface area is 118 Å². The predicted molar refractivity (Wildman–Crippen MR) is 78.3 cm³/mol. The molecule has 4 heteroatoms.